The van der Waals surface area contributed by atoms with Crippen LogP contribution in [0.2, 0.25) is 0 Å². The first-order valence-electron chi connectivity index (χ1n) is 4.55. The lowest BCUT2D eigenvalue weighted by Crippen LogP contribution is -2.26. The second-order valence-corrected chi connectivity index (χ2v) is 4.87. The van der Waals surface area contributed by atoms with Crippen molar-refractivity contribution in [3.05, 3.63) is 23.8 Å². The molecule has 0 aliphatic carbocycles. The number of sulfonamides is 1. The number of nitrogens with one attached hydrogen (secondary N) is 1. The number of aromatic hydroxyl groups is 1. The molecule has 1 rings (SSSR count). The minimum absolute atomic E-state index is 0.175. The number of aliphatic hydroxyl groups excluding tert-OH is 1. The first-order chi connectivity index (χ1) is 7.88. The van der Waals surface area contributed by atoms with E-state index in [9.17, 15) is 18.3 Å². The van der Waals surface area contributed by atoms with Crippen LogP contribution in [-0.2, 0) is 10.0 Å². The SMILES string of the molecule is O=C(O)c1cc(S(=O)(=O)NCCO)ccc1O. The first kappa shape index (κ1) is 13.4. The van der Waals surface area contributed by atoms with Gasteiger partial charge in [-0.15, -0.1) is 0 Å². The van der Waals surface area contributed by atoms with Crippen LogP contribution in [0, 0.1) is 0 Å². The second kappa shape index (κ2) is 5.13. The van der Waals surface area contributed by atoms with Crippen molar-refractivity contribution in [1.29, 1.82) is 0 Å². The lowest BCUT2D eigenvalue weighted by molar-refractivity contribution is 0.0693. The Kier molecular flexibility index (Phi) is 4.05. The predicted molar refractivity (Wildman–Crippen MR) is 57.3 cm³/mol. The molecule has 0 bridgehead atoms. The topological polar surface area (TPSA) is 124 Å². The van der Waals surface area contributed by atoms with Gasteiger partial charge in [-0.25, -0.2) is 17.9 Å². The quantitative estimate of drug-likeness (QED) is 0.559. The van der Waals surface area contributed by atoms with Crippen molar-refractivity contribution in [1.82, 2.24) is 4.72 Å². The number of aliphatic hydroxyl groups is 1. The van der Waals surface area contributed by atoms with Crippen molar-refractivity contribution in [3.8, 4) is 5.75 Å². The zero-order chi connectivity index (χ0) is 13.1. The first-order valence-corrected chi connectivity index (χ1v) is 6.03. The van der Waals surface area contributed by atoms with Crippen LogP contribution in [0.1, 0.15) is 10.4 Å². The fraction of sp³-hybridized carbons (Fsp3) is 0.222. The average Bonchev–Trinajstić information content (AvgIpc) is 2.26. The van der Waals surface area contributed by atoms with Crippen molar-refractivity contribution < 1.29 is 28.5 Å². The minimum Gasteiger partial charge on any atom is -0.507 e. The number of carbonyl (C=O) groups is 1. The lowest BCUT2D eigenvalue weighted by atomic mass is 10.2. The maximum Gasteiger partial charge on any atom is 0.339 e. The fourth-order valence-electron chi connectivity index (χ4n) is 1.12. The fourth-order valence-corrected chi connectivity index (χ4v) is 2.16. The Bertz CT molecular complexity index is 524. The summed E-state index contributed by atoms with van der Waals surface area (Å²) in [6.45, 7) is -0.547. The van der Waals surface area contributed by atoms with Crippen LogP contribution >= 0.6 is 0 Å². The van der Waals surface area contributed by atoms with E-state index in [1.54, 1.807) is 0 Å². The Morgan fingerprint density at radius 2 is 2.00 bits per heavy atom. The van der Waals surface area contributed by atoms with Gasteiger partial charge < -0.3 is 15.3 Å². The molecule has 0 spiro atoms. The van der Waals surface area contributed by atoms with Gasteiger partial charge in [-0.3, -0.25) is 0 Å². The van der Waals surface area contributed by atoms with Crippen LogP contribution in [0.5, 0.6) is 5.75 Å². The maximum absolute atomic E-state index is 11.6. The van der Waals surface area contributed by atoms with E-state index >= 15 is 0 Å². The molecule has 0 saturated carbocycles. The number of carboxylic acid groups (broad SMARTS) is 1. The highest BCUT2D eigenvalue weighted by Gasteiger charge is 2.18. The number of aromatic carboxylic acids is 1. The van der Waals surface area contributed by atoms with Gasteiger partial charge in [-0.2, -0.15) is 0 Å². The molecule has 0 heterocycles. The third-order valence-corrected chi connectivity index (χ3v) is 3.37. The Hall–Kier alpha value is -1.64. The molecule has 0 amide bonds. The molecular formula is C9H11NO6S. The van der Waals surface area contributed by atoms with E-state index in [0.29, 0.717) is 0 Å². The Morgan fingerprint density at radius 1 is 1.35 bits per heavy atom. The molecule has 94 valence electrons. The van der Waals surface area contributed by atoms with Gasteiger partial charge >= 0.3 is 5.97 Å². The molecule has 0 saturated heterocycles. The Balaban J connectivity index is 3.16. The van der Waals surface area contributed by atoms with Gasteiger partial charge in [-0.05, 0) is 18.2 Å². The normalized spacial score (nSPS) is 11.4. The van der Waals surface area contributed by atoms with Crippen molar-refractivity contribution in [2.24, 2.45) is 0 Å². The minimum atomic E-state index is -3.88. The molecule has 0 fully saturated rings. The Labute approximate surface area is 97.4 Å². The number of hydrogen-bond acceptors (Lipinski definition) is 5. The van der Waals surface area contributed by atoms with E-state index in [4.69, 9.17) is 10.2 Å². The summed E-state index contributed by atoms with van der Waals surface area (Å²) in [5, 5.41) is 26.4. The summed E-state index contributed by atoms with van der Waals surface area (Å²) in [7, 11) is -3.88. The molecule has 8 heteroatoms. The molecule has 0 unspecified atom stereocenters. The molecule has 7 nitrogen and oxygen atoms in total. The summed E-state index contributed by atoms with van der Waals surface area (Å²) >= 11 is 0. The lowest BCUT2D eigenvalue weighted by Gasteiger charge is -2.07. The van der Waals surface area contributed by atoms with Crippen molar-refractivity contribution in [3.63, 3.8) is 0 Å². The van der Waals surface area contributed by atoms with Crippen LogP contribution in [0.4, 0.5) is 0 Å². The van der Waals surface area contributed by atoms with Crippen molar-refractivity contribution in [2.75, 3.05) is 13.2 Å². The average molecular weight is 261 g/mol. The highest BCUT2D eigenvalue weighted by atomic mass is 32.2. The van der Waals surface area contributed by atoms with E-state index in [0.717, 1.165) is 18.2 Å². The summed E-state index contributed by atoms with van der Waals surface area (Å²) < 4.78 is 25.2. The van der Waals surface area contributed by atoms with Gasteiger partial charge in [0.05, 0.1) is 11.5 Å². The van der Waals surface area contributed by atoms with Gasteiger partial charge in [0, 0.05) is 6.54 Å². The van der Waals surface area contributed by atoms with Crippen LogP contribution < -0.4 is 4.72 Å². The third-order valence-electron chi connectivity index (χ3n) is 1.91. The van der Waals surface area contributed by atoms with Crippen LogP contribution in [0.15, 0.2) is 23.1 Å². The molecule has 17 heavy (non-hydrogen) atoms. The van der Waals surface area contributed by atoms with Crippen molar-refractivity contribution in [2.45, 2.75) is 4.90 Å². The summed E-state index contributed by atoms with van der Waals surface area (Å²) in [5.41, 5.74) is -0.503. The molecular weight excluding hydrogens is 250 g/mol. The highest BCUT2D eigenvalue weighted by molar-refractivity contribution is 7.89. The second-order valence-electron chi connectivity index (χ2n) is 3.11. The molecule has 1 aromatic carbocycles. The largest absolute Gasteiger partial charge is 0.507 e. The maximum atomic E-state index is 11.6. The molecule has 0 radical (unpaired) electrons. The predicted octanol–water partition coefficient (Wildman–Crippen LogP) is -0.639. The third kappa shape index (κ3) is 3.16. The van der Waals surface area contributed by atoms with E-state index in [2.05, 4.69) is 4.72 Å². The number of hydrogen-bond donors (Lipinski definition) is 4. The zero-order valence-electron chi connectivity index (χ0n) is 8.62. The number of phenols is 1. The van der Waals surface area contributed by atoms with Gasteiger partial charge in [0.2, 0.25) is 10.0 Å². The molecule has 1 aromatic rings. The Morgan fingerprint density at radius 3 is 2.53 bits per heavy atom. The van der Waals surface area contributed by atoms with Gasteiger partial charge in [-0.1, -0.05) is 0 Å². The molecule has 4 N–H and O–H groups in total. The number of carboxylic acids is 1. The molecule has 0 aliphatic heterocycles. The van der Waals surface area contributed by atoms with Crippen LogP contribution in [0.3, 0.4) is 0 Å². The summed E-state index contributed by atoms with van der Waals surface area (Å²) in [5.74, 6) is -1.94. The highest BCUT2D eigenvalue weighted by Crippen LogP contribution is 2.21. The van der Waals surface area contributed by atoms with E-state index in [1.807, 2.05) is 0 Å². The molecule has 0 atom stereocenters. The summed E-state index contributed by atoms with van der Waals surface area (Å²) in [6, 6.07) is 2.90. The van der Waals surface area contributed by atoms with E-state index in [-0.39, 0.29) is 18.0 Å². The standard InChI is InChI=1S/C9H11NO6S/c11-4-3-10-17(15,16)6-1-2-8(12)7(5-6)9(13)14/h1-2,5,10-12H,3-4H2,(H,13,14). The van der Waals surface area contributed by atoms with Gasteiger partial charge in [0.25, 0.3) is 0 Å². The monoisotopic (exact) mass is 261 g/mol. The van der Waals surface area contributed by atoms with Gasteiger partial charge in [0.15, 0.2) is 0 Å². The number of rotatable bonds is 5. The van der Waals surface area contributed by atoms with E-state index < -0.39 is 27.3 Å². The summed E-state index contributed by atoms with van der Waals surface area (Å²) in [6.07, 6.45) is 0. The number of benzene rings is 1. The van der Waals surface area contributed by atoms with Gasteiger partial charge in [0.1, 0.15) is 11.3 Å². The van der Waals surface area contributed by atoms with E-state index in [1.165, 1.54) is 0 Å². The summed E-state index contributed by atoms with van der Waals surface area (Å²) in [4.78, 5) is 10.4. The molecule has 0 aromatic heterocycles. The zero-order valence-corrected chi connectivity index (χ0v) is 9.44. The van der Waals surface area contributed by atoms with Crippen LogP contribution in [0.25, 0.3) is 0 Å². The van der Waals surface area contributed by atoms with Crippen LogP contribution in [-0.4, -0.2) is 42.9 Å². The smallest absolute Gasteiger partial charge is 0.339 e. The van der Waals surface area contributed by atoms with Crippen molar-refractivity contribution >= 4 is 16.0 Å². The molecule has 0 aliphatic rings.